The fraction of sp³-hybridized carbons (Fsp3) is 0.105. The first-order chi connectivity index (χ1) is 12.4. The molecule has 132 valence electrons. The number of phenols is 1. The van der Waals surface area contributed by atoms with Crippen LogP contribution in [0.1, 0.15) is 11.1 Å². The smallest absolute Gasteiger partial charge is 0.286 e. The van der Waals surface area contributed by atoms with Gasteiger partial charge in [-0.05, 0) is 65.8 Å². The molecule has 0 radical (unpaired) electrons. The Hall–Kier alpha value is -2.64. The highest BCUT2D eigenvalue weighted by atomic mass is 32.2. The van der Waals surface area contributed by atoms with E-state index in [1.165, 1.54) is 16.8 Å². The standard InChI is InChI=1S/C19H17N3O2S2/c1-21(2)15-7-3-13(4-8-15)11-17-18(24)22(19(25)26-17)20-12-14-5-9-16(23)10-6-14/h3-12,23H,1-2H3/b17-11+,20-12+. The third-order valence-electron chi connectivity index (χ3n) is 3.70. The minimum absolute atomic E-state index is 0.177. The molecule has 0 unspecified atom stereocenters. The number of rotatable bonds is 4. The van der Waals surface area contributed by atoms with Gasteiger partial charge in [-0.1, -0.05) is 23.9 Å². The summed E-state index contributed by atoms with van der Waals surface area (Å²) in [6, 6.07) is 14.4. The maximum absolute atomic E-state index is 12.6. The first kappa shape index (κ1) is 18.2. The summed E-state index contributed by atoms with van der Waals surface area (Å²) in [6.07, 6.45) is 3.35. The van der Waals surface area contributed by atoms with E-state index in [1.54, 1.807) is 30.5 Å². The molecule has 1 saturated heterocycles. The highest BCUT2D eigenvalue weighted by Crippen LogP contribution is 2.33. The van der Waals surface area contributed by atoms with Gasteiger partial charge in [0.05, 0.1) is 11.1 Å². The van der Waals surface area contributed by atoms with E-state index in [0.717, 1.165) is 16.8 Å². The number of hydrogen-bond donors (Lipinski definition) is 1. The second kappa shape index (κ2) is 7.72. The van der Waals surface area contributed by atoms with Crippen LogP contribution >= 0.6 is 24.0 Å². The van der Waals surface area contributed by atoms with Crippen LogP contribution in [0, 0.1) is 0 Å². The van der Waals surface area contributed by atoms with Gasteiger partial charge < -0.3 is 10.0 Å². The second-order valence-electron chi connectivity index (χ2n) is 5.82. The quantitative estimate of drug-likeness (QED) is 0.496. The number of amides is 1. The number of hydrogen-bond acceptors (Lipinski definition) is 6. The van der Waals surface area contributed by atoms with E-state index in [2.05, 4.69) is 5.10 Å². The summed E-state index contributed by atoms with van der Waals surface area (Å²) in [4.78, 5) is 15.1. The van der Waals surface area contributed by atoms with Gasteiger partial charge in [-0.15, -0.1) is 0 Å². The van der Waals surface area contributed by atoms with Crippen molar-refractivity contribution >= 4 is 52.2 Å². The van der Waals surface area contributed by atoms with Crippen molar-refractivity contribution in [2.24, 2.45) is 5.10 Å². The molecular formula is C19H17N3O2S2. The minimum Gasteiger partial charge on any atom is -0.508 e. The van der Waals surface area contributed by atoms with Gasteiger partial charge >= 0.3 is 0 Å². The summed E-state index contributed by atoms with van der Waals surface area (Å²) in [5.41, 5.74) is 2.78. The zero-order chi connectivity index (χ0) is 18.7. The number of carbonyl (C=O) groups is 1. The summed E-state index contributed by atoms with van der Waals surface area (Å²) in [6.45, 7) is 0. The number of nitrogens with zero attached hydrogens (tertiary/aromatic N) is 3. The van der Waals surface area contributed by atoms with Gasteiger partial charge in [0, 0.05) is 19.8 Å². The number of benzene rings is 2. The van der Waals surface area contributed by atoms with E-state index in [4.69, 9.17) is 12.2 Å². The Morgan fingerprint density at radius 2 is 1.69 bits per heavy atom. The summed E-state index contributed by atoms with van der Waals surface area (Å²) in [5.74, 6) is -0.0669. The number of aromatic hydroxyl groups is 1. The Balaban J connectivity index is 1.76. The molecule has 0 aliphatic carbocycles. The fourth-order valence-electron chi connectivity index (χ4n) is 2.26. The molecule has 1 aliphatic rings. The van der Waals surface area contributed by atoms with E-state index in [0.29, 0.717) is 9.23 Å². The van der Waals surface area contributed by atoms with Crippen LogP contribution in [0.5, 0.6) is 5.75 Å². The molecule has 0 atom stereocenters. The predicted octanol–water partition coefficient (Wildman–Crippen LogP) is 3.69. The molecule has 3 rings (SSSR count). The SMILES string of the molecule is CN(C)c1ccc(/C=C2/SC(=S)N(/N=C/c3ccc(O)cc3)C2=O)cc1. The number of thiocarbonyl (C=S) groups is 1. The van der Waals surface area contributed by atoms with Crippen LogP contribution in [0.4, 0.5) is 5.69 Å². The lowest BCUT2D eigenvalue weighted by molar-refractivity contribution is -0.122. The Morgan fingerprint density at radius 3 is 2.31 bits per heavy atom. The molecular weight excluding hydrogens is 366 g/mol. The van der Waals surface area contributed by atoms with Crippen molar-refractivity contribution in [2.45, 2.75) is 0 Å². The van der Waals surface area contributed by atoms with Crippen molar-refractivity contribution in [3.63, 3.8) is 0 Å². The van der Waals surface area contributed by atoms with E-state index in [-0.39, 0.29) is 11.7 Å². The molecule has 1 N–H and O–H groups in total. The maximum Gasteiger partial charge on any atom is 0.286 e. The van der Waals surface area contributed by atoms with Gasteiger partial charge in [-0.3, -0.25) is 4.79 Å². The third kappa shape index (κ3) is 4.12. The average molecular weight is 383 g/mol. The largest absolute Gasteiger partial charge is 0.508 e. The molecule has 0 spiro atoms. The number of anilines is 1. The molecule has 26 heavy (non-hydrogen) atoms. The van der Waals surface area contributed by atoms with Gasteiger partial charge in [-0.25, -0.2) is 0 Å². The molecule has 0 saturated carbocycles. The Morgan fingerprint density at radius 1 is 1.08 bits per heavy atom. The number of hydrazone groups is 1. The Kier molecular flexibility index (Phi) is 5.39. The molecule has 1 fully saturated rings. The van der Waals surface area contributed by atoms with E-state index in [1.807, 2.05) is 49.3 Å². The summed E-state index contributed by atoms with van der Waals surface area (Å²) < 4.78 is 0.390. The fourth-order valence-corrected chi connectivity index (χ4v) is 3.44. The molecule has 0 bridgehead atoms. The zero-order valence-corrected chi connectivity index (χ0v) is 15.9. The van der Waals surface area contributed by atoms with Crippen molar-refractivity contribution in [1.29, 1.82) is 0 Å². The van der Waals surface area contributed by atoms with Gasteiger partial charge in [-0.2, -0.15) is 10.1 Å². The van der Waals surface area contributed by atoms with E-state index < -0.39 is 0 Å². The maximum atomic E-state index is 12.6. The second-order valence-corrected chi connectivity index (χ2v) is 7.49. The summed E-state index contributed by atoms with van der Waals surface area (Å²) >= 11 is 6.50. The molecule has 7 heteroatoms. The van der Waals surface area contributed by atoms with Gasteiger partial charge in [0.25, 0.3) is 5.91 Å². The van der Waals surface area contributed by atoms with E-state index in [9.17, 15) is 9.90 Å². The Bertz CT molecular complexity index is 888. The summed E-state index contributed by atoms with van der Waals surface area (Å²) in [7, 11) is 3.96. The average Bonchev–Trinajstić information content (AvgIpc) is 2.88. The van der Waals surface area contributed by atoms with Gasteiger partial charge in [0.2, 0.25) is 0 Å². The number of thioether (sulfide) groups is 1. The highest BCUT2D eigenvalue weighted by Gasteiger charge is 2.31. The van der Waals surface area contributed by atoms with Crippen molar-refractivity contribution < 1.29 is 9.90 Å². The van der Waals surface area contributed by atoms with Crippen LogP contribution in [0.2, 0.25) is 0 Å². The van der Waals surface area contributed by atoms with Crippen LogP contribution in [0.15, 0.2) is 58.5 Å². The monoisotopic (exact) mass is 383 g/mol. The first-order valence-electron chi connectivity index (χ1n) is 7.82. The molecule has 0 aromatic heterocycles. The van der Waals surface area contributed by atoms with Gasteiger partial charge in [0.15, 0.2) is 4.32 Å². The molecule has 1 aliphatic heterocycles. The predicted molar refractivity (Wildman–Crippen MR) is 111 cm³/mol. The van der Waals surface area contributed by atoms with Crippen molar-refractivity contribution in [3.8, 4) is 5.75 Å². The van der Waals surface area contributed by atoms with E-state index >= 15 is 0 Å². The van der Waals surface area contributed by atoms with Crippen LogP contribution in [-0.4, -0.2) is 40.7 Å². The van der Waals surface area contributed by atoms with Crippen LogP contribution in [0.25, 0.3) is 6.08 Å². The third-order valence-corrected chi connectivity index (χ3v) is 4.98. The van der Waals surface area contributed by atoms with Crippen LogP contribution in [-0.2, 0) is 4.79 Å². The Labute approximate surface area is 161 Å². The number of carbonyl (C=O) groups excluding carboxylic acids is 1. The molecule has 5 nitrogen and oxygen atoms in total. The summed E-state index contributed by atoms with van der Waals surface area (Å²) in [5, 5.41) is 14.7. The lowest BCUT2D eigenvalue weighted by Gasteiger charge is -2.11. The van der Waals surface area contributed by atoms with Crippen LogP contribution in [0.3, 0.4) is 0 Å². The lowest BCUT2D eigenvalue weighted by atomic mass is 10.2. The lowest BCUT2D eigenvalue weighted by Crippen LogP contribution is -2.22. The van der Waals surface area contributed by atoms with Crippen molar-refractivity contribution in [2.75, 3.05) is 19.0 Å². The zero-order valence-electron chi connectivity index (χ0n) is 14.3. The van der Waals surface area contributed by atoms with Crippen molar-refractivity contribution in [3.05, 3.63) is 64.6 Å². The first-order valence-corrected chi connectivity index (χ1v) is 9.05. The highest BCUT2D eigenvalue weighted by molar-refractivity contribution is 8.26. The minimum atomic E-state index is -0.244. The normalized spacial score (nSPS) is 16.1. The number of phenolic OH excluding ortho intramolecular Hbond substituents is 1. The molecule has 1 heterocycles. The molecule has 1 amide bonds. The van der Waals surface area contributed by atoms with Crippen molar-refractivity contribution in [1.82, 2.24) is 5.01 Å². The van der Waals surface area contributed by atoms with Crippen LogP contribution < -0.4 is 4.90 Å². The molecule has 2 aromatic carbocycles. The topological polar surface area (TPSA) is 56.1 Å². The van der Waals surface area contributed by atoms with Gasteiger partial charge in [0.1, 0.15) is 5.75 Å². The molecule has 2 aromatic rings.